The maximum Gasteiger partial charge on any atom is 3.00 e. The largest absolute Gasteiger partial charge is 3.00 e. The Morgan fingerprint density at radius 1 is 0.788 bits per heavy atom. The van der Waals surface area contributed by atoms with Crippen molar-refractivity contribution in [1.29, 1.82) is 0 Å². The van der Waals surface area contributed by atoms with Crippen molar-refractivity contribution >= 4 is 21.8 Å². The van der Waals surface area contributed by atoms with Gasteiger partial charge in [-0.15, -0.1) is 52.7 Å². The van der Waals surface area contributed by atoms with Crippen LogP contribution in [0.4, 0.5) is 0 Å². The summed E-state index contributed by atoms with van der Waals surface area (Å²) in [5.41, 5.74) is 5.33. The Morgan fingerprint density at radius 2 is 1.55 bits per heavy atom. The zero-order valence-electron chi connectivity index (χ0n) is 18.1. The van der Waals surface area contributed by atoms with Gasteiger partial charge >= 0.3 is 20.1 Å². The minimum atomic E-state index is 0. The normalized spacial score (nSPS) is 10.3. The van der Waals surface area contributed by atoms with Crippen LogP contribution in [-0.4, -0.2) is 9.55 Å². The maximum atomic E-state index is 4.22. The van der Waals surface area contributed by atoms with Gasteiger partial charge in [0.2, 0.25) is 6.33 Å². The monoisotopic (exact) mass is 604 g/mol. The molecule has 0 aliphatic rings. The molecule has 0 N–H and O–H groups in total. The number of nitrogens with zero attached hydrogens (tertiary/aromatic N) is 3. The summed E-state index contributed by atoms with van der Waals surface area (Å²) in [6, 6.07) is 41.0. The molecule has 0 radical (unpaired) electrons. The van der Waals surface area contributed by atoms with Crippen molar-refractivity contribution < 1.29 is 24.7 Å². The van der Waals surface area contributed by atoms with Crippen molar-refractivity contribution in [1.82, 2.24) is 9.55 Å². The first kappa shape index (κ1) is 22.6. The van der Waals surface area contributed by atoms with E-state index in [9.17, 15) is 0 Å². The minimum absolute atomic E-state index is 0. The summed E-state index contributed by atoms with van der Waals surface area (Å²) in [5, 5.41) is 2.42. The molecule has 2 heterocycles. The number of rotatable bonds is 2. The van der Waals surface area contributed by atoms with Crippen LogP contribution >= 0.6 is 0 Å². The first-order chi connectivity index (χ1) is 15.8. The second-order valence-electron chi connectivity index (χ2n) is 7.42. The van der Waals surface area contributed by atoms with Crippen LogP contribution in [0.15, 0.2) is 109 Å². The third-order valence-corrected chi connectivity index (χ3v) is 5.29. The fraction of sp³-hybridized carbons (Fsp3) is 0.0345. The molecule has 2 aromatic heterocycles. The average Bonchev–Trinajstić information content (AvgIpc) is 3.22. The van der Waals surface area contributed by atoms with E-state index in [0.717, 1.165) is 28.0 Å². The van der Waals surface area contributed by atoms with Crippen molar-refractivity contribution in [2.75, 3.05) is 0 Å². The number of aryl methyl sites for hydroxylation is 1. The van der Waals surface area contributed by atoms with Gasteiger partial charge in [0.25, 0.3) is 0 Å². The number of imidazole rings is 1. The quantitative estimate of drug-likeness (QED) is 0.182. The third kappa shape index (κ3) is 4.93. The van der Waals surface area contributed by atoms with Crippen LogP contribution in [0.3, 0.4) is 0 Å². The van der Waals surface area contributed by atoms with Crippen LogP contribution in [0.5, 0.6) is 0 Å². The van der Waals surface area contributed by atoms with Gasteiger partial charge in [0, 0.05) is 6.20 Å². The summed E-state index contributed by atoms with van der Waals surface area (Å²) in [5.74, 6) is 0. The molecule has 4 heteroatoms. The smallest absolute Gasteiger partial charge is 0.342 e. The standard InChI is InChI=1S/C18H13N2.C11H8N.Ir/c1-19-13-20(18-9-5-4-8-17(18)19)16-11-10-14-6-2-3-7-15(14)12-16;1-2-6-10(7-3-1)11-8-4-5-9-12-11;/h2-10,12H,1H3;1-6,8-9H;/q2*-1;+3. The molecule has 4 aromatic carbocycles. The molecule has 0 amide bonds. The molecular weight excluding hydrogens is 583 g/mol. The van der Waals surface area contributed by atoms with E-state index >= 15 is 0 Å². The molecule has 160 valence electrons. The van der Waals surface area contributed by atoms with Gasteiger partial charge in [-0.05, 0) is 11.8 Å². The van der Waals surface area contributed by atoms with Crippen molar-refractivity contribution in [3.63, 3.8) is 0 Å². The number of hydrogen-bond acceptors (Lipinski definition) is 1. The van der Waals surface area contributed by atoms with E-state index in [2.05, 4.69) is 64.4 Å². The number of fused-ring (bicyclic) bond motifs is 2. The minimum Gasteiger partial charge on any atom is -0.342 e. The molecule has 0 unspecified atom stereocenters. The molecule has 0 bridgehead atoms. The Bertz CT molecular complexity index is 1440. The van der Waals surface area contributed by atoms with Crippen LogP contribution < -0.4 is 4.57 Å². The second kappa shape index (κ2) is 10.4. The van der Waals surface area contributed by atoms with Gasteiger partial charge in [-0.1, -0.05) is 60.3 Å². The van der Waals surface area contributed by atoms with Crippen LogP contribution in [-0.2, 0) is 27.2 Å². The molecule has 0 fully saturated rings. The predicted octanol–water partition coefficient (Wildman–Crippen LogP) is 5.75. The van der Waals surface area contributed by atoms with Gasteiger partial charge < -0.3 is 14.1 Å². The molecule has 33 heavy (non-hydrogen) atoms. The summed E-state index contributed by atoms with van der Waals surface area (Å²) >= 11 is 0. The molecular formula is C29H21IrN3+. The third-order valence-electron chi connectivity index (χ3n) is 5.29. The first-order valence-electron chi connectivity index (χ1n) is 10.5. The zero-order chi connectivity index (χ0) is 21.8. The molecule has 6 aromatic rings. The van der Waals surface area contributed by atoms with Gasteiger partial charge in [0.1, 0.15) is 0 Å². The number of hydrogen-bond donors (Lipinski definition) is 0. The summed E-state index contributed by atoms with van der Waals surface area (Å²) in [6.45, 7) is 0. The zero-order valence-corrected chi connectivity index (χ0v) is 20.5. The first-order valence-corrected chi connectivity index (χ1v) is 10.5. The fourth-order valence-electron chi connectivity index (χ4n) is 3.70. The Kier molecular flexibility index (Phi) is 7.09. The number of benzene rings is 4. The number of pyridine rings is 1. The van der Waals surface area contributed by atoms with E-state index in [-0.39, 0.29) is 20.1 Å². The number of para-hydroxylation sites is 2. The van der Waals surface area contributed by atoms with E-state index in [4.69, 9.17) is 0 Å². The van der Waals surface area contributed by atoms with Crippen LogP contribution in [0.2, 0.25) is 0 Å². The van der Waals surface area contributed by atoms with Gasteiger partial charge in [0.15, 0.2) is 0 Å². The van der Waals surface area contributed by atoms with E-state index in [1.807, 2.05) is 78.3 Å². The van der Waals surface area contributed by atoms with Gasteiger partial charge in [-0.2, -0.15) is 18.2 Å². The van der Waals surface area contributed by atoms with Crippen LogP contribution in [0.1, 0.15) is 0 Å². The van der Waals surface area contributed by atoms with Crippen LogP contribution in [0, 0.1) is 18.5 Å². The van der Waals surface area contributed by atoms with Crippen molar-refractivity contribution in [3.8, 4) is 16.9 Å². The van der Waals surface area contributed by atoms with Crippen molar-refractivity contribution in [2.45, 2.75) is 0 Å². The molecule has 0 spiro atoms. The van der Waals surface area contributed by atoms with Crippen molar-refractivity contribution in [2.24, 2.45) is 7.05 Å². The van der Waals surface area contributed by atoms with Crippen molar-refractivity contribution in [3.05, 3.63) is 128 Å². The molecule has 0 saturated carbocycles. The Morgan fingerprint density at radius 3 is 2.33 bits per heavy atom. The summed E-state index contributed by atoms with van der Waals surface area (Å²) < 4.78 is 4.07. The molecule has 0 saturated heterocycles. The summed E-state index contributed by atoms with van der Waals surface area (Å²) in [4.78, 5) is 4.22. The summed E-state index contributed by atoms with van der Waals surface area (Å²) in [6.07, 6.45) is 5.12. The maximum absolute atomic E-state index is 4.22. The van der Waals surface area contributed by atoms with Crippen LogP contribution in [0.25, 0.3) is 38.8 Å². The Hall–Kier alpha value is -3.59. The van der Waals surface area contributed by atoms with E-state index in [0.29, 0.717) is 0 Å². The predicted molar refractivity (Wildman–Crippen MR) is 128 cm³/mol. The van der Waals surface area contributed by atoms with E-state index in [1.54, 1.807) is 6.20 Å². The Balaban J connectivity index is 0.000000172. The Labute approximate surface area is 207 Å². The van der Waals surface area contributed by atoms with Gasteiger partial charge in [-0.25, -0.2) is 0 Å². The molecule has 3 nitrogen and oxygen atoms in total. The topological polar surface area (TPSA) is 21.7 Å². The SMILES string of the molecule is C[n+]1[c-]n(-c2[c-]cc3ccccc3c2)c2ccccc21.[Ir+3].[c-]1ccccc1-c1ccccn1. The fourth-order valence-corrected chi connectivity index (χ4v) is 3.70. The van der Waals surface area contributed by atoms with Gasteiger partial charge in [0.05, 0.1) is 18.1 Å². The molecule has 0 atom stereocenters. The molecule has 0 aliphatic carbocycles. The van der Waals surface area contributed by atoms with E-state index < -0.39 is 0 Å². The van der Waals surface area contributed by atoms with Gasteiger partial charge in [-0.3, -0.25) is 0 Å². The second-order valence-corrected chi connectivity index (χ2v) is 7.42. The summed E-state index contributed by atoms with van der Waals surface area (Å²) in [7, 11) is 2.01. The molecule has 6 rings (SSSR count). The number of aromatic nitrogens is 3. The average molecular weight is 604 g/mol. The molecule has 0 aliphatic heterocycles. The van der Waals surface area contributed by atoms with E-state index in [1.165, 1.54) is 10.8 Å².